The molecule has 5 rings (SSSR count). The van der Waals surface area contributed by atoms with Crippen molar-refractivity contribution in [2.45, 2.75) is 19.8 Å². The predicted octanol–water partition coefficient (Wildman–Crippen LogP) is 3.81. The molecule has 0 atom stereocenters. The van der Waals surface area contributed by atoms with Crippen LogP contribution in [0.1, 0.15) is 18.4 Å². The van der Waals surface area contributed by atoms with E-state index < -0.39 is 17.5 Å². The zero-order chi connectivity index (χ0) is 25.2. The Labute approximate surface area is 206 Å². The maximum absolute atomic E-state index is 15.5. The van der Waals surface area contributed by atoms with Crippen LogP contribution in [-0.2, 0) is 9.53 Å². The van der Waals surface area contributed by atoms with E-state index in [1.54, 1.807) is 12.1 Å². The highest BCUT2D eigenvalue weighted by Crippen LogP contribution is 2.31. The summed E-state index contributed by atoms with van der Waals surface area (Å²) in [5.41, 5.74) is 1.61. The SMILES string of the molecule is Cc1cc(Nc2ncn(-c3cc(F)cc(F)c3)n2)c(F)c(N2CCN(C(=O)C3CCOCC3)CC2)c1. The molecule has 190 valence electrons. The lowest BCUT2D eigenvalue weighted by Crippen LogP contribution is -2.51. The van der Waals surface area contributed by atoms with Crippen LogP contribution in [0, 0.1) is 30.3 Å². The molecule has 1 amide bonds. The molecule has 2 fully saturated rings. The fraction of sp³-hybridized carbons (Fsp3) is 0.400. The van der Waals surface area contributed by atoms with Crippen molar-refractivity contribution >= 4 is 23.2 Å². The Morgan fingerprint density at radius 1 is 1.00 bits per heavy atom. The minimum Gasteiger partial charge on any atom is -0.381 e. The van der Waals surface area contributed by atoms with Crippen molar-refractivity contribution in [1.29, 1.82) is 0 Å². The second-order valence-electron chi connectivity index (χ2n) is 9.11. The quantitative estimate of drug-likeness (QED) is 0.574. The van der Waals surface area contributed by atoms with Gasteiger partial charge in [-0.3, -0.25) is 4.79 Å². The number of anilines is 3. The molecule has 0 unspecified atom stereocenters. The van der Waals surface area contributed by atoms with Gasteiger partial charge in [-0.15, -0.1) is 5.10 Å². The van der Waals surface area contributed by atoms with E-state index in [0.717, 1.165) is 36.6 Å². The van der Waals surface area contributed by atoms with Gasteiger partial charge in [0.1, 0.15) is 18.0 Å². The highest BCUT2D eigenvalue weighted by Gasteiger charge is 2.30. The largest absolute Gasteiger partial charge is 0.381 e. The summed E-state index contributed by atoms with van der Waals surface area (Å²) in [7, 11) is 0. The van der Waals surface area contributed by atoms with Crippen LogP contribution in [0.5, 0.6) is 0 Å². The molecular weight excluding hydrogens is 473 g/mol. The van der Waals surface area contributed by atoms with Crippen LogP contribution in [0.2, 0.25) is 0 Å². The lowest BCUT2D eigenvalue weighted by molar-refractivity contribution is -0.138. The average molecular weight is 501 g/mol. The Morgan fingerprint density at radius 2 is 1.69 bits per heavy atom. The third kappa shape index (κ3) is 5.15. The number of rotatable bonds is 5. The molecule has 1 aromatic heterocycles. The first-order chi connectivity index (χ1) is 17.4. The summed E-state index contributed by atoms with van der Waals surface area (Å²) in [5.74, 6) is -1.68. The molecule has 0 radical (unpaired) electrons. The van der Waals surface area contributed by atoms with E-state index in [4.69, 9.17) is 4.74 Å². The first-order valence-corrected chi connectivity index (χ1v) is 11.9. The van der Waals surface area contributed by atoms with Crippen molar-refractivity contribution in [3.05, 3.63) is 59.7 Å². The van der Waals surface area contributed by atoms with Crippen LogP contribution in [0.25, 0.3) is 5.69 Å². The summed E-state index contributed by atoms with van der Waals surface area (Å²) >= 11 is 0. The number of benzene rings is 2. The van der Waals surface area contributed by atoms with Gasteiger partial charge in [0.25, 0.3) is 0 Å². The molecule has 0 spiro atoms. The molecule has 3 aromatic rings. The predicted molar refractivity (Wildman–Crippen MR) is 128 cm³/mol. The van der Waals surface area contributed by atoms with E-state index in [2.05, 4.69) is 15.4 Å². The summed E-state index contributed by atoms with van der Waals surface area (Å²) < 4.78 is 49.2. The van der Waals surface area contributed by atoms with Crippen LogP contribution in [0.3, 0.4) is 0 Å². The molecule has 36 heavy (non-hydrogen) atoms. The van der Waals surface area contributed by atoms with Crippen molar-refractivity contribution in [2.24, 2.45) is 5.92 Å². The first kappa shape index (κ1) is 24.1. The molecule has 3 heterocycles. The molecule has 0 aliphatic carbocycles. The smallest absolute Gasteiger partial charge is 0.247 e. The van der Waals surface area contributed by atoms with Gasteiger partial charge in [0.2, 0.25) is 11.9 Å². The number of halogens is 3. The summed E-state index contributed by atoms with van der Waals surface area (Å²) in [6.07, 6.45) is 2.79. The monoisotopic (exact) mass is 500 g/mol. The number of carbonyl (C=O) groups excluding carboxylic acids is 1. The van der Waals surface area contributed by atoms with Crippen molar-refractivity contribution in [2.75, 3.05) is 49.6 Å². The topological polar surface area (TPSA) is 75.5 Å². The van der Waals surface area contributed by atoms with Crippen LogP contribution in [-0.4, -0.2) is 65.0 Å². The highest BCUT2D eigenvalue weighted by molar-refractivity contribution is 5.79. The Morgan fingerprint density at radius 3 is 2.39 bits per heavy atom. The van der Waals surface area contributed by atoms with Gasteiger partial charge in [-0.1, -0.05) is 0 Å². The highest BCUT2D eigenvalue weighted by atomic mass is 19.1. The molecule has 2 aliphatic rings. The van der Waals surface area contributed by atoms with E-state index in [1.807, 2.05) is 16.7 Å². The molecule has 0 bridgehead atoms. The number of nitrogens with zero attached hydrogens (tertiary/aromatic N) is 5. The Bertz CT molecular complexity index is 1230. The van der Waals surface area contributed by atoms with Crippen molar-refractivity contribution in [1.82, 2.24) is 19.7 Å². The molecule has 11 heteroatoms. The molecule has 2 aliphatic heterocycles. The second kappa shape index (κ2) is 10.2. The zero-order valence-corrected chi connectivity index (χ0v) is 19.9. The summed E-state index contributed by atoms with van der Waals surface area (Å²) in [5, 5.41) is 7.05. The molecule has 2 aromatic carbocycles. The lowest BCUT2D eigenvalue weighted by Gasteiger charge is -2.38. The van der Waals surface area contributed by atoms with Crippen molar-refractivity contribution in [3.63, 3.8) is 0 Å². The van der Waals surface area contributed by atoms with E-state index in [9.17, 15) is 13.6 Å². The number of nitrogens with one attached hydrogen (secondary N) is 1. The second-order valence-corrected chi connectivity index (χ2v) is 9.11. The third-order valence-electron chi connectivity index (χ3n) is 6.55. The van der Waals surface area contributed by atoms with E-state index >= 15 is 4.39 Å². The van der Waals surface area contributed by atoms with Gasteiger partial charge in [-0.25, -0.2) is 17.9 Å². The van der Waals surface area contributed by atoms with Gasteiger partial charge < -0.3 is 19.9 Å². The van der Waals surface area contributed by atoms with Crippen molar-refractivity contribution in [3.8, 4) is 5.69 Å². The number of piperazine rings is 1. The van der Waals surface area contributed by atoms with E-state index in [-0.39, 0.29) is 29.1 Å². The number of amides is 1. The fourth-order valence-electron chi connectivity index (χ4n) is 4.68. The van der Waals surface area contributed by atoms with E-state index in [1.165, 1.54) is 11.0 Å². The standard InChI is InChI=1S/C25H27F3N6O2/c1-16-10-21(30-25-29-15-34(31-25)20-13-18(26)12-19(27)14-20)23(28)22(11-16)32-4-6-33(7-5-32)24(35)17-2-8-36-9-3-17/h10-15,17H,2-9H2,1H3,(H,30,31). The molecule has 2 saturated heterocycles. The van der Waals surface area contributed by atoms with Gasteiger partial charge in [0.15, 0.2) is 5.82 Å². The van der Waals surface area contributed by atoms with Gasteiger partial charge in [0, 0.05) is 51.4 Å². The maximum atomic E-state index is 15.5. The Hall–Kier alpha value is -3.60. The molecule has 0 saturated carbocycles. The van der Waals surface area contributed by atoms with Gasteiger partial charge >= 0.3 is 0 Å². The summed E-state index contributed by atoms with van der Waals surface area (Å²) in [4.78, 5) is 20.7. The zero-order valence-electron chi connectivity index (χ0n) is 19.9. The van der Waals surface area contributed by atoms with Crippen LogP contribution < -0.4 is 10.2 Å². The Kier molecular flexibility index (Phi) is 6.82. The number of carbonyl (C=O) groups is 1. The lowest BCUT2D eigenvalue weighted by atomic mass is 9.98. The van der Waals surface area contributed by atoms with Crippen LogP contribution in [0.15, 0.2) is 36.7 Å². The first-order valence-electron chi connectivity index (χ1n) is 11.9. The number of aromatic nitrogens is 3. The summed E-state index contributed by atoms with van der Waals surface area (Å²) in [6.45, 7) is 5.20. The third-order valence-corrected chi connectivity index (χ3v) is 6.55. The number of ether oxygens (including phenoxy) is 1. The van der Waals surface area contributed by atoms with Gasteiger partial charge in [-0.2, -0.15) is 4.98 Å². The number of hydrogen-bond acceptors (Lipinski definition) is 6. The van der Waals surface area contributed by atoms with Crippen LogP contribution >= 0.6 is 0 Å². The normalized spacial score (nSPS) is 16.9. The molecular formula is C25H27F3N6O2. The number of aryl methyl sites for hydroxylation is 1. The van der Waals surface area contributed by atoms with E-state index in [0.29, 0.717) is 45.1 Å². The summed E-state index contributed by atoms with van der Waals surface area (Å²) in [6, 6.07) is 6.44. The fourth-order valence-corrected chi connectivity index (χ4v) is 4.68. The average Bonchev–Trinajstić information content (AvgIpc) is 3.34. The maximum Gasteiger partial charge on any atom is 0.247 e. The molecule has 1 N–H and O–H groups in total. The van der Waals surface area contributed by atoms with Gasteiger partial charge in [-0.05, 0) is 49.6 Å². The Balaban J connectivity index is 1.28. The molecule has 8 nitrogen and oxygen atoms in total. The van der Waals surface area contributed by atoms with Gasteiger partial charge in [0.05, 0.1) is 17.1 Å². The minimum absolute atomic E-state index is 0.00740. The number of hydrogen-bond donors (Lipinski definition) is 1. The van der Waals surface area contributed by atoms with Crippen molar-refractivity contribution < 1.29 is 22.7 Å². The minimum atomic E-state index is -0.737. The van der Waals surface area contributed by atoms with Crippen LogP contribution in [0.4, 0.5) is 30.5 Å².